The second kappa shape index (κ2) is 5.05. The van der Waals surface area contributed by atoms with Gasteiger partial charge in [0.05, 0.1) is 0 Å². The smallest absolute Gasteiger partial charge is 0.194 e. The van der Waals surface area contributed by atoms with Crippen molar-refractivity contribution in [3.8, 4) is 11.1 Å². The highest BCUT2D eigenvalue weighted by Gasteiger charge is 2.13. The fourth-order valence-electron chi connectivity index (χ4n) is 1.68. The maximum Gasteiger partial charge on any atom is 0.194 e. The number of carbonyl (C=O) groups is 1. The Hall–Kier alpha value is -1.81. The second-order valence-corrected chi connectivity index (χ2v) is 4.48. The van der Waals surface area contributed by atoms with E-state index >= 15 is 0 Å². The van der Waals surface area contributed by atoms with Crippen molar-refractivity contribution in [2.75, 3.05) is 0 Å². The molecular formula is C14H8ClF3O. The lowest BCUT2D eigenvalue weighted by Crippen LogP contribution is -1.95. The minimum atomic E-state index is -1.53. The maximum absolute atomic E-state index is 13.2. The molecule has 0 heterocycles. The molecule has 0 aliphatic carbocycles. The largest absolute Gasteiger partial charge is 0.295 e. The standard InChI is InChI=1S/C14H8ClF3O/c1-7(19)8-2-9(4-11(15)3-8)10-5-12(16)14(18)13(17)6-10/h2-6H,1H3. The molecule has 0 bridgehead atoms. The fraction of sp³-hybridized carbons (Fsp3) is 0.0714. The Kier molecular flexibility index (Phi) is 3.62. The van der Waals surface area contributed by atoms with Gasteiger partial charge in [-0.15, -0.1) is 0 Å². The summed E-state index contributed by atoms with van der Waals surface area (Å²) in [4.78, 5) is 11.3. The van der Waals surface area contributed by atoms with Gasteiger partial charge in [-0.05, 0) is 48.4 Å². The average molecular weight is 285 g/mol. The minimum Gasteiger partial charge on any atom is -0.295 e. The number of rotatable bonds is 2. The number of ketones is 1. The Bertz CT molecular complexity index is 645. The van der Waals surface area contributed by atoms with Crippen molar-refractivity contribution in [2.24, 2.45) is 0 Å². The summed E-state index contributed by atoms with van der Waals surface area (Å²) in [6, 6.07) is 6.05. The van der Waals surface area contributed by atoms with Crippen molar-refractivity contribution in [1.29, 1.82) is 0 Å². The maximum atomic E-state index is 13.2. The summed E-state index contributed by atoms with van der Waals surface area (Å²) >= 11 is 5.84. The molecule has 2 aromatic rings. The van der Waals surface area contributed by atoms with E-state index in [1.165, 1.54) is 25.1 Å². The molecule has 0 radical (unpaired) electrons. The number of hydrogen-bond donors (Lipinski definition) is 0. The molecule has 0 aliphatic rings. The van der Waals surface area contributed by atoms with E-state index in [4.69, 9.17) is 11.6 Å². The van der Waals surface area contributed by atoms with Crippen molar-refractivity contribution in [3.63, 3.8) is 0 Å². The molecule has 0 aliphatic heterocycles. The van der Waals surface area contributed by atoms with E-state index in [0.717, 1.165) is 12.1 Å². The molecule has 0 spiro atoms. The second-order valence-electron chi connectivity index (χ2n) is 4.04. The summed E-state index contributed by atoms with van der Waals surface area (Å²) in [5.41, 5.74) is 0.768. The van der Waals surface area contributed by atoms with E-state index < -0.39 is 17.5 Å². The van der Waals surface area contributed by atoms with Gasteiger partial charge in [-0.2, -0.15) is 0 Å². The van der Waals surface area contributed by atoms with Crippen molar-refractivity contribution in [2.45, 2.75) is 6.92 Å². The Balaban J connectivity index is 2.62. The van der Waals surface area contributed by atoms with Gasteiger partial charge in [-0.25, -0.2) is 13.2 Å². The van der Waals surface area contributed by atoms with Crippen LogP contribution in [0.5, 0.6) is 0 Å². The van der Waals surface area contributed by atoms with Crippen LogP contribution in [-0.4, -0.2) is 5.78 Å². The van der Waals surface area contributed by atoms with Gasteiger partial charge in [0.1, 0.15) is 0 Å². The van der Waals surface area contributed by atoms with Gasteiger partial charge in [-0.3, -0.25) is 4.79 Å². The number of carbonyl (C=O) groups excluding carboxylic acids is 1. The summed E-state index contributed by atoms with van der Waals surface area (Å²) in [6.45, 7) is 1.35. The lowest BCUT2D eigenvalue weighted by molar-refractivity contribution is 0.101. The molecule has 0 saturated carbocycles. The monoisotopic (exact) mass is 284 g/mol. The molecule has 0 saturated heterocycles. The first-order valence-corrected chi connectivity index (χ1v) is 5.72. The van der Waals surface area contributed by atoms with Crippen LogP contribution < -0.4 is 0 Å². The van der Waals surface area contributed by atoms with Crippen LogP contribution in [0.2, 0.25) is 5.02 Å². The predicted molar refractivity (Wildman–Crippen MR) is 66.8 cm³/mol. The fourth-order valence-corrected chi connectivity index (χ4v) is 1.92. The summed E-state index contributed by atoms with van der Waals surface area (Å²) in [5, 5.41) is 0.257. The Morgan fingerprint density at radius 3 is 2.00 bits per heavy atom. The van der Waals surface area contributed by atoms with E-state index in [-0.39, 0.29) is 16.4 Å². The number of hydrogen-bond acceptors (Lipinski definition) is 1. The molecule has 0 aromatic heterocycles. The van der Waals surface area contributed by atoms with Crippen molar-refractivity contribution >= 4 is 17.4 Å². The van der Waals surface area contributed by atoms with Crippen LogP contribution in [0.15, 0.2) is 30.3 Å². The van der Waals surface area contributed by atoms with E-state index in [2.05, 4.69) is 0 Å². The first-order chi connectivity index (χ1) is 8.88. The molecule has 0 fully saturated rings. The van der Waals surface area contributed by atoms with Crippen LogP contribution in [0.1, 0.15) is 17.3 Å². The van der Waals surface area contributed by atoms with Crippen molar-refractivity contribution in [3.05, 3.63) is 58.4 Å². The van der Waals surface area contributed by atoms with Gasteiger partial charge in [0.2, 0.25) is 0 Å². The first kappa shape index (κ1) is 13.6. The third-order valence-electron chi connectivity index (χ3n) is 2.62. The summed E-state index contributed by atoms with van der Waals surface area (Å²) in [7, 11) is 0. The van der Waals surface area contributed by atoms with Gasteiger partial charge in [0.15, 0.2) is 23.2 Å². The van der Waals surface area contributed by atoms with Crippen LogP contribution >= 0.6 is 11.6 Å². The molecular weight excluding hydrogens is 277 g/mol. The molecule has 0 amide bonds. The molecule has 19 heavy (non-hydrogen) atoms. The highest BCUT2D eigenvalue weighted by Crippen LogP contribution is 2.27. The van der Waals surface area contributed by atoms with Crippen LogP contribution in [-0.2, 0) is 0 Å². The van der Waals surface area contributed by atoms with Gasteiger partial charge in [0, 0.05) is 10.6 Å². The zero-order chi connectivity index (χ0) is 14.2. The normalized spacial score (nSPS) is 10.6. The van der Waals surface area contributed by atoms with Crippen molar-refractivity contribution < 1.29 is 18.0 Å². The van der Waals surface area contributed by atoms with E-state index in [0.29, 0.717) is 11.1 Å². The predicted octanol–water partition coefficient (Wildman–Crippen LogP) is 4.63. The summed E-state index contributed by atoms with van der Waals surface area (Å²) in [5.74, 6) is -4.34. The van der Waals surface area contributed by atoms with Crippen LogP contribution in [0, 0.1) is 17.5 Å². The van der Waals surface area contributed by atoms with Gasteiger partial charge >= 0.3 is 0 Å². The van der Waals surface area contributed by atoms with E-state index in [1.807, 2.05) is 0 Å². The number of halogens is 4. The highest BCUT2D eigenvalue weighted by molar-refractivity contribution is 6.31. The summed E-state index contributed by atoms with van der Waals surface area (Å²) in [6.07, 6.45) is 0. The Morgan fingerprint density at radius 2 is 1.47 bits per heavy atom. The summed E-state index contributed by atoms with van der Waals surface area (Å²) < 4.78 is 39.2. The highest BCUT2D eigenvalue weighted by atomic mass is 35.5. The van der Waals surface area contributed by atoms with Gasteiger partial charge in [0.25, 0.3) is 0 Å². The molecule has 2 rings (SSSR count). The van der Waals surface area contributed by atoms with Gasteiger partial charge < -0.3 is 0 Å². The molecule has 0 unspecified atom stereocenters. The topological polar surface area (TPSA) is 17.1 Å². The van der Waals surface area contributed by atoms with Crippen molar-refractivity contribution in [1.82, 2.24) is 0 Å². The lowest BCUT2D eigenvalue weighted by atomic mass is 10.0. The van der Waals surface area contributed by atoms with E-state index in [9.17, 15) is 18.0 Å². The number of benzene rings is 2. The lowest BCUT2D eigenvalue weighted by Gasteiger charge is -2.06. The third kappa shape index (κ3) is 2.79. The molecule has 5 heteroatoms. The van der Waals surface area contributed by atoms with Crippen LogP contribution in [0.3, 0.4) is 0 Å². The minimum absolute atomic E-state index is 0.112. The van der Waals surface area contributed by atoms with Gasteiger partial charge in [-0.1, -0.05) is 11.6 Å². The number of Topliss-reactive ketones (excluding diaryl/α,β-unsaturated/α-hetero) is 1. The SMILES string of the molecule is CC(=O)c1cc(Cl)cc(-c2cc(F)c(F)c(F)c2)c1. The zero-order valence-corrected chi connectivity index (χ0v) is 10.6. The average Bonchev–Trinajstić information content (AvgIpc) is 2.34. The molecule has 0 N–H and O–H groups in total. The Labute approximate surface area is 112 Å². The quantitative estimate of drug-likeness (QED) is 0.580. The van der Waals surface area contributed by atoms with Crippen LogP contribution in [0.25, 0.3) is 11.1 Å². The first-order valence-electron chi connectivity index (χ1n) is 5.35. The molecule has 2 aromatic carbocycles. The Morgan fingerprint density at radius 1 is 0.947 bits per heavy atom. The molecule has 0 atom stereocenters. The zero-order valence-electron chi connectivity index (χ0n) is 9.81. The van der Waals surface area contributed by atoms with Crippen LogP contribution in [0.4, 0.5) is 13.2 Å². The molecule has 98 valence electrons. The third-order valence-corrected chi connectivity index (χ3v) is 2.84. The molecule has 1 nitrogen and oxygen atoms in total. The van der Waals surface area contributed by atoms with E-state index in [1.54, 1.807) is 0 Å².